The quantitative estimate of drug-likeness (QED) is 0.547. The van der Waals surface area contributed by atoms with Gasteiger partial charge in [-0.2, -0.15) is 5.10 Å². The van der Waals surface area contributed by atoms with Gasteiger partial charge in [-0.15, -0.1) is 0 Å². The van der Waals surface area contributed by atoms with Gasteiger partial charge in [-0.3, -0.25) is 14.5 Å². The first-order valence-electron chi connectivity index (χ1n) is 8.87. The van der Waals surface area contributed by atoms with Crippen LogP contribution in [0.4, 0.5) is 5.69 Å². The number of carbonyl (C=O) groups excluding carboxylic acids is 1. The van der Waals surface area contributed by atoms with Crippen LogP contribution in [0.1, 0.15) is 6.42 Å². The maximum atomic E-state index is 12.5. The van der Waals surface area contributed by atoms with Gasteiger partial charge in [-0.05, 0) is 48.6 Å². The molecule has 0 bridgehead atoms. The lowest BCUT2D eigenvalue weighted by atomic mass is 10.2. The standard InChI is InChI=1S/C20H22N4O4S/c1-26-14-6-4-13(5-7-14)19-22-23-20(29)24(19)11-10-18(25)21-16-9-8-15(27-2)12-17(16)28-3/h4-9,12H,10-11H2,1-3H3,(H,21,25)(H,23,29). The van der Waals surface area contributed by atoms with Crippen molar-refractivity contribution in [1.82, 2.24) is 14.8 Å². The number of aromatic amines is 1. The van der Waals surface area contributed by atoms with Crippen molar-refractivity contribution in [3.63, 3.8) is 0 Å². The van der Waals surface area contributed by atoms with Gasteiger partial charge in [0.2, 0.25) is 5.91 Å². The third-order valence-electron chi connectivity index (χ3n) is 4.35. The van der Waals surface area contributed by atoms with Crippen molar-refractivity contribution in [2.45, 2.75) is 13.0 Å². The summed E-state index contributed by atoms with van der Waals surface area (Å²) in [6.45, 7) is 0.376. The number of anilines is 1. The first-order valence-corrected chi connectivity index (χ1v) is 9.28. The number of ether oxygens (including phenoxy) is 3. The van der Waals surface area contributed by atoms with Crippen molar-refractivity contribution in [3.05, 3.63) is 47.2 Å². The number of carbonyl (C=O) groups is 1. The second kappa shape index (κ2) is 9.24. The molecule has 1 heterocycles. The molecule has 0 aliphatic carbocycles. The number of methoxy groups -OCH3 is 3. The van der Waals surface area contributed by atoms with E-state index in [1.165, 1.54) is 7.11 Å². The fourth-order valence-electron chi connectivity index (χ4n) is 2.81. The summed E-state index contributed by atoms with van der Waals surface area (Å²) in [6, 6.07) is 12.7. The van der Waals surface area contributed by atoms with Crippen LogP contribution in [0.2, 0.25) is 0 Å². The van der Waals surface area contributed by atoms with Crippen molar-refractivity contribution >= 4 is 23.8 Å². The highest BCUT2D eigenvalue weighted by Crippen LogP contribution is 2.29. The number of nitrogens with one attached hydrogen (secondary N) is 2. The van der Waals surface area contributed by atoms with E-state index in [-0.39, 0.29) is 12.3 Å². The minimum atomic E-state index is -0.169. The Morgan fingerprint density at radius 3 is 2.41 bits per heavy atom. The summed E-state index contributed by atoms with van der Waals surface area (Å²) in [7, 11) is 4.72. The second-order valence-corrected chi connectivity index (χ2v) is 6.48. The lowest BCUT2D eigenvalue weighted by molar-refractivity contribution is -0.116. The van der Waals surface area contributed by atoms with Gasteiger partial charge in [0.05, 0.1) is 27.0 Å². The van der Waals surface area contributed by atoms with E-state index in [1.54, 1.807) is 37.0 Å². The first kappa shape index (κ1) is 20.4. The number of hydrogen-bond acceptors (Lipinski definition) is 6. The smallest absolute Gasteiger partial charge is 0.226 e. The summed E-state index contributed by atoms with van der Waals surface area (Å²) in [5.74, 6) is 2.41. The molecule has 2 N–H and O–H groups in total. The van der Waals surface area contributed by atoms with Crippen LogP contribution in [0.25, 0.3) is 11.4 Å². The molecule has 0 fully saturated rings. The molecule has 9 heteroatoms. The number of rotatable bonds is 8. The zero-order chi connectivity index (χ0) is 20.8. The largest absolute Gasteiger partial charge is 0.497 e. The zero-order valence-corrected chi connectivity index (χ0v) is 17.2. The van der Waals surface area contributed by atoms with Crippen molar-refractivity contribution in [2.24, 2.45) is 0 Å². The average Bonchev–Trinajstić information content (AvgIpc) is 3.12. The predicted octanol–water partition coefficient (Wildman–Crippen LogP) is 3.66. The molecule has 3 aromatic rings. The summed E-state index contributed by atoms with van der Waals surface area (Å²) in [5, 5.41) is 9.93. The summed E-state index contributed by atoms with van der Waals surface area (Å²) < 4.78 is 17.9. The molecule has 0 spiro atoms. The average molecular weight is 414 g/mol. The minimum absolute atomic E-state index is 0.169. The van der Waals surface area contributed by atoms with Crippen LogP contribution in [-0.4, -0.2) is 42.0 Å². The molecule has 3 rings (SSSR count). The lowest BCUT2D eigenvalue weighted by Crippen LogP contribution is -2.15. The van der Waals surface area contributed by atoms with E-state index >= 15 is 0 Å². The maximum Gasteiger partial charge on any atom is 0.226 e. The van der Waals surface area contributed by atoms with Crippen molar-refractivity contribution in [1.29, 1.82) is 0 Å². The molecule has 0 saturated heterocycles. The normalized spacial score (nSPS) is 10.4. The molecule has 2 aromatic carbocycles. The summed E-state index contributed by atoms with van der Waals surface area (Å²) in [6.07, 6.45) is 0.214. The molecule has 1 aromatic heterocycles. The molecule has 0 aliphatic rings. The Bertz CT molecular complexity index is 1040. The highest BCUT2D eigenvalue weighted by Gasteiger charge is 2.13. The van der Waals surface area contributed by atoms with Crippen LogP contribution >= 0.6 is 12.2 Å². The van der Waals surface area contributed by atoms with Gasteiger partial charge in [0.15, 0.2) is 10.6 Å². The summed E-state index contributed by atoms with van der Waals surface area (Å²) in [4.78, 5) is 12.5. The Hall–Kier alpha value is -3.33. The van der Waals surface area contributed by atoms with E-state index in [1.807, 2.05) is 24.3 Å². The van der Waals surface area contributed by atoms with Crippen molar-refractivity contribution in [3.8, 4) is 28.6 Å². The topological polar surface area (TPSA) is 90.4 Å². The van der Waals surface area contributed by atoms with Crippen molar-refractivity contribution in [2.75, 3.05) is 26.6 Å². The van der Waals surface area contributed by atoms with E-state index in [0.717, 1.165) is 11.3 Å². The van der Waals surface area contributed by atoms with E-state index < -0.39 is 0 Å². The molecular formula is C20H22N4O4S. The summed E-state index contributed by atoms with van der Waals surface area (Å²) in [5.41, 5.74) is 1.44. The fourth-order valence-corrected chi connectivity index (χ4v) is 3.04. The SMILES string of the molecule is COc1ccc(-c2n[nH]c(=S)n2CCC(=O)Nc2ccc(OC)cc2OC)cc1. The molecule has 1 amide bonds. The Morgan fingerprint density at radius 1 is 1.07 bits per heavy atom. The Morgan fingerprint density at radius 2 is 1.76 bits per heavy atom. The monoisotopic (exact) mass is 414 g/mol. The van der Waals surface area contributed by atoms with Crippen molar-refractivity contribution < 1.29 is 19.0 Å². The molecule has 0 atom stereocenters. The first-order chi connectivity index (χ1) is 14.0. The molecule has 0 radical (unpaired) electrons. The van der Waals surface area contributed by atoms with Crippen LogP contribution < -0.4 is 19.5 Å². The zero-order valence-electron chi connectivity index (χ0n) is 16.4. The number of aromatic nitrogens is 3. The van der Waals surface area contributed by atoms with E-state index in [4.69, 9.17) is 26.4 Å². The minimum Gasteiger partial charge on any atom is -0.497 e. The van der Waals surface area contributed by atoms with Crippen LogP contribution in [0, 0.1) is 4.77 Å². The third kappa shape index (κ3) is 4.75. The van der Waals surface area contributed by atoms with Gasteiger partial charge in [-0.25, -0.2) is 0 Å². The van der Waals surface area contributed by atoms with E-state index in [2.05, 4.69) is 15.5 Å². The molecule has 8 nitrogen and oxygen atoms in total. The fraction of sp³-hybridized carbons (Fsp3) is 0.250. The van der Waals surface area contributed by atoms with Gasteiger partial charge in [0.25, 0.3) is 0 Å². The Labute approximate surface area is 173 Å². The molecular weight excluding hydrogens is 392 g/mol. The third-order valence-corrected chi connectivity index (χ3v) is 4.66. The Balaban J connectivity index is 1.71. The predicted molar refractivity (Wildman–Crippen MR) is 112 cm³/mol. The van der Waals surface area contributed by atoms with E-state index in [9.17, 15) is 4.79 Å². The number of hydrogen-bond donors (Lipinski definition) is 2. The van der Waals surface area contributed by atoms with Crippen LogP contribution in [0.3, 0.4) is 0 Å². The van der Waals surface area contributed by atoms with Gasteiger partial charge < -0.3 is 19.5 Å². The molecule has 0 saturated carbocycles. The molecule has 0 aliphatic heterocycles. The number of benzene rings is 2. The van der Waals surface area contributed by atoms with Crippen LogP contribution in [0.15, 0.2) is 42.5 Å². The summed E-state index contributed by atoms with van der Waals surface area (Å²) >= 11 is 5.33. The Kier molecular flexibility index (Phi) is 6.50. The van der Waals surface area contributed by atoms with Gasteiger partial charge in [0.1, 0.15) is 17.2 Å². The number of H-pyrrole nitrogens is 1. The highest BCUT2D eigenvalue weighted by atomic mass is 32.1. The van der Waals surface area contributed by atoms with Gasteiger partial charge >= 0.3 is 0 Å². The molecule has 152 valence electrons. The van der Waals surface area contributed by atoms with Crippen LogP contribution in [-0.2, 0) is 11.3 Å². The maximum absolute atomic E-state index is 12.5. The number of amides is 1. The lowest BCUT2D eigenvalue weighted by Gasteiger charge is -2.12. The second-order valence-electron chi connectivity index (χ2n) is 6.10. The van der Waals surface area contributed by atoms with Gasteiger partial charge in [0, 0.05) is 24.6 Å². The van der Waals surface area contributed by atoms with Gasteiger partial charge in [-0.1, -0.05) is 0 Å². The highest BCUT2D eigenvalue weighted by molar-refractivity contribution is 7.71. The molecule has 29 heavy (non-hydrogen) atoms. The molecule has 0 unspecified atom stereocenters. The van der Waals surface area contributed by atoms with E-state index in [0.29, 0.717) is 34.3 Å². The number of nitrogens with zero attached hydrogens (tertiary/aromatic N) is 2. The van der Waals surface area contributed by atoms with Crippen LogP contribution in [0.5, 0.6) is 17.2 Å².